The normalized spacial score (nSPS) is 17.4. The minimum absolute atomic E-state index is 0.0299. The molecule has 0 saturated heterocycles. The molecule has 6 nitrogen and oxygen atoms in total. The van der Waals surface area contributed by atoms with E-state index in [9.17, 15) is 61.5 Å². The third kappa shape index (κ3) is 5.09. The summed E-state index contributed by atoms with van der Waals surface area (Å²) in [5.41, 5.74) is -6.82. The molecule has 0 aromatic carbocycles. The van der Waals surface area contributed by atoms with E-state index >= 15 is 0 Å². The van der Waals surface area contributed by atoms with Gasteiger partial charge in [-0.05, 0) is 0 Å². The molecular formula is C17H26F14O6Si2. The number of hydrogen-bond acceptors (Lipinski definition) is 6. The van der Waals surface area contributed by atoms with Gasteiger partial charge in [0.15, 0.2) is 0 Å². The van der Waals surface area contributed by atoms with E-state index in [2.05, 4.69) is 26.6 Å². The molecule has 0 N–H and O–H groups in total. The molecule has 0 amide bonds. The molecule has 0 rings (SSSR count). The van der Waals surface area contributed by atoms with Gasteiger partial charge in [-0.25, -0.2) is 0 Å². The topological polar surface area (TPSA) is 55.4 Å². The van der Waals surface area contributed by atoms with E-state index in [1.54, 1.807) is 0 Å². The van der Waals surface area contributed by atoms with Gasteiger partial charge in [-0.15, -0.1) is 0 Å². The van der Waals surface area contributed by atoms with E-state index in [4.69, 9.17) is 0 Å². The van der Waals surface area contributed by atoms with Crippen LogP contribution in [-0.2, 0) is 26.6 Å². The maximum Gasteiger partial charge on any atom is 0.509 e. The van der Waals surface area contributed by atoms with Crippen LogP contribution < -0.4 is 0 Å². The van der Waals surface area contributed by atoms with Crippen LogP contribution >= 0.6 is 0 Å². The summed E-state index contributed by atoms with van der Waals surface area (Å²) in [6, 6.07) is 0. The van der Waals surface area contributed by atoms with Crippen LogP contribution in [0, 0.1) is 0 Å². The Balaban J connectivity index is 7.08. The maximum absolute atomic E-state index is 14.6. The zero-order valence-electron chi connectivity index (χ0n) is 21.4. The highest BCUT2D eigenvalue weighted by molar-refractivity contribution is 6.63. The fourth-order valence-corrected chi connectivity index (χ4v) is 7.93. The lowest BCUT2D eigenvalue weighted by molar-refractivity contribution is -0.442. The van der Waals surface area contributed by atoms with Gasteiger partial charge in [-0.3, -0.25) is 0 Å². The smallest absolute Gasteiger partial charge is 0.377 e. The monoisotopic (exact) mass is 648 g/mol. The zero-order valence-corrected chi connectivity index (χ0v) is 23.4. The van der Waals surface area contributed by atoms with E-state index in [0.29, 0.717) is 42.7 Å². The third-order valence-corrected chi connectivity index (χ3v) is 12.5. The van der Waals surface area contributed by atoms with Crippen molar-refractivity contribution >= 4 is 17.6 Å². The van der Waals surface area contributed by atoms with E-state index < -0.39 is 70.1 Å². The number of hydrogen-bond donors (Lipinski definition) is 0. The van der Waals surface area contributed by atoms with Gasteiger partial charge in [0.2, 0.25) is 0 Å². The van der Waals surface area contributed by atoms with Gasteiger partial charge in [-0.2, -0.15) is 61.5 Å². The van der Waals surface area contributed by atoms with Crippen molar-refractivity contribution in [1.82, 2.24) is 0 Å². The fraction of sp³-hybridized carbons (Fsp3) is 1.00. The third-order valence-electron chi connectivity index (χ3n) is 6.27. The molecule has 2 unspecified atom stereocenters. The highest BCUT2D eigenvalue weighted by Gasteiger charge is 2.94. The first-order valence-corrected chi connectivity index (χ1v) is 13.7. The minimum atomic E-state index is -8.26. The molecule has 2 atom stereocenters. The first-order chi connectivity index (χ1) is 17.2. The molecule has 0 aromatic heterocycles. The van der Waals surface area contributed by atoms with Crippen molar-refractivity contribution in [2.75, 3.05) is 42.7 Å². The molecule has 22 heteroatoms. The second-order valence-corrected chi connectivity index (χ2v) is 14.6. The van der Waals surface area contributed by atoms with Gasteiger partial charge in [-0.1, -0.05) is 13.8 Å². The van der Waals surface area contributed by atoms with Crippen LogP contribution in [0.25, 0.3) is 0 Å². The van der Waals surface area contributed by atoms with Crippen LogP contribution in [0.15, 0.2) is 0 Å². The van der Waals surface area contributed by atoms with Crippen LogP contribution in [0.1, 0.15) is 13.8 Å². The van der Waals surface area contributed by atoms with E-state index in [-0.39, 0.29) is 13.8 Å². The summed E-state index contributed by atoms with van der Waals surface area (Å²) in [7, 11) is -7.34. The van der Waals surface area contributed by atoms with Crippen molar-refractivity contribution in [3.63, 3.8) is 0 Å². The Hall–Kier alpha value is -0.786. The summed E-state index contributed by atoms with van der Waals surface area (Å²) in [6.45, 7) is -0.0597. The molecule has 0 aromatic rings. The fourth-order valence-electron chi connectivity index (χ4n) is 3.56. The Kier molecular flexibility index (Phi) is 11.2. The lowest BCUT2D eigenvalue weighted by atomic mass is 9.88. The number of rotatable bonds is 16. The first-order valence-electron chi connectivity index (χ1n) is 10.1. The van der Waals surface area contributed by atoms with Crippen LogP contribution in [0.3, 0.4) is 0 Å². The van der Waals surface area contributed by atoms with Crippen molar-refractivity contribution in [3.8, 4) is 0 Å². The molecule has 0 heterocycles. The van der Waals surface area contributed by atoms with Crippen LogP contribution in [0.5, 0.6) is 0 Å². The molecule has 0 aliphatic heterocycles. The standard InChI is InChI=1S/C17H26F14O6Si2/c1-9(38(32-3,33-4)34-5)11(18,19)13(22,23)15(26,27)17(30,31)16(28,29)14(24,25)12(20,21)10(2)39(35-6,36-7)37-8/h9-10H,1-8H3. The van der Waals surface area contributed by atoms with Crippen molar-refractivity contribution in [1.29, 1.82) is 0 Å². The summed E-state index contributed by atoms with van der Waals surface area (Å²) in [5, 5.41) is 0. The Labute approximate surface area is 215 Å². The van der Waals surface area contributed by atoms with Gasteiger partial charge < -0.3 is 26.6 Å². The lowest BCUT2D eigenvalue weighted by Gasteiger charge is -2.46. The highest BCUT2D eigenvalue weighted by Crippen LogP contribution is 2.65. The predicted octanol–water partition coefficient (Wildman–Crippen LogP) is 5.97. The summed E-state index contributed by atoms with van der Waals surface area (Å²) >= 11 is 0. The van der Waals surface area contributed by atoms with Gasteiger partial charge in [0, 0.05) is 42.7 Å². The Bertz CT molecular complexity index is 743. The Morgan fingerprint density at radius 1 is 0.359 bits per heavy atom. The Morgan fingerprint density at radius 3 is 0.667 bits per heavy atom. The van der Waals surface area contributed by atoms with E-state index in [1.165, 1.54) is 0 Å². The largest absolute Gasteiger partial charge is 0.509 e. The van der Waals surface area contributed by atoms with Crippen LogP contribution in [0.4, 0.5) is 61.5 Å². The van der Waals surface area contributed by atoms with Gasteiger partial charge in [0.05, 0.1) is 11.1 Å². The number of halogens is 14. The van der Waals surface area contributed by atoms with Crippen LogP contribution in [-0.4, -0.2) is 102 Å². The lowest BCUT2D eigenvalue weighted by Crippen LogP contribution is -2.75. The van der Waals surface area contributed by atoms with E-state index in [1.807, 2.05) is 0 Å². The van der Waals surface area contributed by atoms with Gasteiger partial charge >= 0.3 is 59.1 Å². The Morgan fingerprint density at radius 2 is 0.513 bits per heavy atom. The molecule has 236 valence electrons. The van der Waals surface area contributed by atoms with Crippen molar-refractivity contribution < 1.29 is 88.0 Å². The van der Waals surface area contributed by atoms with Crippen molar-refractivity contribution in [2.24, 2.45) is 0 Å². The summed E-state index contributed by atoms with van der Waals surface area (Å²) in [5.74, 6) is -52.8. The minimum Gasteiger partial charge on any atom is -0.377 e. The molecule has 0 saturated carbocycles. The highest BCUT2D eigenvalue weighted by atomic mass is 28.4. The quantitative estimate of drug-likeness (QED) is 0.152. The molecule has 0 aliphatic carbocycles. The molecule has 0 radical (unpaired) electrons. The van der Waals surface area contributed by atoms with Crippen LogP contribution in [0.2, 0.25) is 11.1 Å². The summed E-state index contributed by atoms with van der Waals surface area (Å²) in [6.07, 6.45) is 0. The molecule has 0 fully saturated rings. The second-order valence-electron chi connectivity index (χ2n) is 7.99. The van der Waals surface area contributed by atoms with Crippen molar-refractivity contribution in [2.45, 2.75) is 66.4 Å². The average Bonchev–Trinajstić information content (AvgIpc) is 2.85. The zero-order chi connectivity index (χ0) is 31.9. The number of alkyl halides is 14. The van der Waals surface area contributed by atoms with Gasteiger partial charge in [0.25, 0.3) is 0 Å². The molecule has 39 heavy (non-hydrogen) atoms. The molecule has 0 aliphatic rings. The molecule has 0 spiro atoms. The summed E-state index contributed by atoms with van der Waals surface area (Å²) < 4.78 is 229. The molecular weight excluding hydrogens is 622 g/mol. The SMILES string of the molecule is CO[Si](OC)(OC)C(C)C(F)(F)C(F)(F)C(F)(F)C(F)(F)C(F)(F)C(F)(F)C(F)(F)C(C)[Si](OC)(OC)OC. The second kappa shape index (κ2) is 11.5. The molecule has 0 bridgehead atoms. The summed E-state index contributed by atoms with van der Waals surface area (Å²) in [4.78, 5) is 0. The van der Waals surface area contributed by atoms with Crippen molar-refractivity contribution in [3.05, 3.63) is 0 Å². The predicted molar refractivity (Wildman–Crippen MR) is 107 cm³/mol. The van der Waals surface area contributed by atoms with Gasteiger partial charge in [0.1, 0.15) is 0 Å². The maximum atomic E-state index is 14.6. The average molecular weight is 649 g/mol. The first kappa shape index (κ1) is 38.2. The van der Waals surface area contributed by atoms with E-state index in [0.717, 1.165) is 0 Å².